The van der Waals surface area contributed by atoms with Gasteiger partial charge in [-0.2, -0.15) is 0 Å². The van der Waals surface area contributed by atoms with Crippen molar-refractivity contribution in [2.75, 3.05) is 31.5 Å². The van der Waals surface area contributed by atoms with E-state index in [-0.39, 0.29) is 23.9 Å². The summed E-state index contributed by atoms with van der Waals surface area (Å²) in [7, 11) is 0. The van der Waals surface area contributed by atoms with Gasteiger partial charge < -0.3 is 34.8 Å². The number of hydrogen-bond donors (Lipinski definition) is 3. The Labute approximate surface area is 240 Å². The number of nitrogens with zero attached hydrogens (tertiary/aromatic N) is 2. The SMILES string of the molecule is CC(C)CC1(O)CCN(C(=O)Nc2cc(Oc3ccc(F)cc3)cc(OC3(C(=O)N4CCC(O)CC4)CC3)c2)CC1. The lowest BCUT2D eigenvalue weighted by Gasteiger charge is -2.39. The molecule has 222 valence electrons. The molecule has 0 bridgehead atoms. The fraction of sp³-hybridized carbons (Fsp3) is 0.548. The molecule has 5 rings (SSSR count). The molecule has 0 aromatic heterocycles. The monoisotopic (exact) mass is 569 g/mol. The molecule has 2 aromatic rings. The van der Waals surface area contributed by atoms with E-state index in [1.54, 1.807) is 28.0 Å². The van der Waals surface area contributed by atoms with Crippen LogP contribution in [0.2, 0.25) is 0 Å². The van der Waals surface area contributed by atoms with Gasteiger partial charge in [0, 0.05) is 62.9 Å². The van der Waals surface area contributed by atoms with Crippen molar-refractivity contribution in [2.24, 2.45) is 5.92 Å². The first kappa shape index (κ1) is 29.1. The molecule has 1 aliphatic carbocycles. The number of urea groups is 1. The number of amides is 3. The van der Waals surface area contributed by atoms with Gasteiger partial charge in [-0.25, -0.2) is 9.18 Å². The lowest BCUT2D eigenvalue weighted by atomic mass is 9.84. The average Bonchev–Trinajstić information content (AvgIpc) is 3.70. The second kappa shape index (κ2) is 11.9. The molecule has 41 heavy (non-hydrogen) atoms. The number of piperidine rings is 2. The van der Waals surface area contributed by atoms with Crippen molar-refractivity contribution in [1.29, 1.82) is 0 Å². The number of anilines is 1. The number of benzene rings is 2. The van der Waals surface area contributed by atoms with Gasteiger partial charge in [0.15, 0.2) is 5.60 Å². The van der Waals surface area contributed by atoms with E-state index in [9.17, 15) is 24.2 Å². The molecule has 0 atom stereocenters. The molecule has 2 saturated heterocycles. The third-order valence-corrected chi connectivity index (χ3v) is 8.11. The first-order chi connectivity index (χ1) is 19.5. The molecule has 2 aliphatic heterocycles. The number of likely N-dealkylation sites (tertiary alicyclic amines) is 2. The Morgan fingerprint density at radius 3 is 2.20 bits per heavy atom. The first-order valence-electron chi connectivity index (χ1n) is 14.6. The predicted octanol–water partition coefficient (Wildman–Crippen LogP) is 4.92. The van der Waals surface area contributed by atoms with Crippen LogP contribution in [-0.2, 0) is 4.79 Å². The number of aliphatic hydroxyl groups is 2. The van der Waals surface area contributed by atoms with Crippen LogP contribution in [0.4, 0.5) is 14.9 Å². The number of nitrogens with one attached hydrogen (secondary N) is 1. The van der Waals surface area contributed by atoms with Crippen LogP contribution in [0.5, 0.6) is 17.2 Å². The molecule has 3 aliphatic rings. The van der Waals surface area contributed by atoms with Crippen molar-refractivity contribution in [3.8, 4) is 17.2 Å². The third kappa shape index (κ3) is 7.29. The molecule has 2 heterocycles. The average molecular weight is 570 g/mol. The topological polar surface area (TPSA) is 112 Å². The number of ether oxygens (including phenoxy) is 2. The molecule has 3 N–H and O–H groups in total. The Morgan fingerprint density at radius 1 is 0.951 bits per heavy atom. The minimum atomic E-state index is -0.980. The maximum Gasteiger partial charge on any atom is 0.321 e. The highest BCUT2D eigenvalue weighted by Gasteiger charge is 2.55. The summed E-state index contributed by atoms with van der Waals surface area (Å²) in [5, 5.41) is 23.6. The molecule has 0 spiro atoms. The Kier molecular flexibility index (Phi) is 8.42. The minimum absolute atomic E-state index is 0.0953. The van der Waals surface area contributed by atoms with E-state index in [2.05, 4.69) is 19.2 Å². The van der Waals surface area contributed by atoms with Crippen LogP contribution in [0.1, 0.15) is 58.8 Å². The number of carbonyl (C=O) groups is 2. The summed E-state index contributed by atoms with van der Waals surface area (Å²) in [4.78, 5) is 30.0. The van der Waals surface area contributed by atoms with Crippen LogP contribution in [0, 0.1) is 11.7 Å². The van der Waals surface area contributed by atoms with Gasteiger partial charge in [0.05, 0.1) is 11.7 Å². The lowest BCUT2D eigenvalue weighted by molar-refractivity contribution is -0.142. The van der Waals surface area contributed by atoms with Crippen molar-refractivity contribution in [3.05, 3.63) is 48.3 Å². The number of rotatable bonds is 8. The lowest BCUT2D eigenvalue weighted by Crippen LogP contribution is -2.48. The van der Waals surface area contributed by atoms with Gasteiger partial charge in [-0.05, 0) is 62.3 Å². The molecular formula is C31H40FN3O6. The Bertz CT molecular complexity index is 1230. The second-order valence-corrected chi connectivity index (χ2v) is 12.1. The van der Waals surface area contributed by atoms with Gasteiger partial charge in [-0.1, -0.05) is 13.8 Å². The third-order valence-electron chi connectivity index (χ3n) is 8.11. The maximum absolute atomic E-state index is 13.4. The van der Waals surface area contributed by atoms with Gasteiger partial charge in [0.1, 0.15) is 23.1 Å². The van der Waals surface area contributed by atoms with Gasteiger partial charge >= 0.3 is 6.03 Å². The first-order valence-corrected chi connectivity index (χ1v) is 14.6. The van der Waals surface area contributed by atoms with E-state index in [0.29, 0.717) is 100.0 Å². The zero-order valence-corrected chi connectivity index (χ0v) is 23.8. The zero-order chi connectivity index (χ0) is 29.2. The largest absolute Gasteiger partial charge is 0.477 e. The fourth-order valence-corrected chi connectivity index (χ4v) is 5.75. The standard InChI is InChI=1S/C31H40FN3O6/c1-21(2)20-30(39)11-15-35(16-12-30)29(38)33-23-17-26(40-25-5-3-22(32)4-6-25)19-27(18-23)41-31(9-10-31)28(37)34-13-7-24(36)8-14-34/h3-6,17-19,21,24,36,39H,7-16,20H2,1-2H3,(H,33,38). The predicted molar refractivity (Wildman–Crippen MR) is 152 cm³/mol. The molecule has 1 saturated carbocycles. The highest BCUT2D eigenvalue weighted by atomic mass is 19.1. The Balaban J connectivity index is 1.32. The minimum Gasteiger partial charge on any atom is -0.477 e. The molecule has 0 radical (unpaired) electrons. The van der Waals surface area contributed by atoms with Crippen molar-refractivity contribution in [3.63, 3.8) is 0 Å². The summed E-state index contributed by atoms with van der Waals surface area (Å²) in [5.41, 5.74) is -1.31. The second-order valence-electron chi connectivity index (χ2n) is 12.1. The number of halogens is 1. The molecular weight excluding hydrogens is 529 g/mol. The molecule has 3 fully saturated rings. The Morgan fingerprint density at radius 2 is 1.59 bits per heavy atom. The highest BCUT2D eigenvalue weighted by Crippen LogP contribution is 2.44. The highest BCUT2D eigenvalue weighted by molar-refractivity contribution is 5.90. The van der Waals surface area contributed by atoms with Crippen LogP contribution >= 0.6 is 0 Å². The summed E-state index contributed by atoms with van der Waals surface area (Å²) in [6.45, 7) is 6.01. The van der Waals surface area contributed by atoms with Crippen molar-refractivity contribution in [2.45, 2.75) is 76.1 Å². The van der Waals surface area contributed by atoms with Crippen LogP contribution in [0.25, 0.3) is 0 Å². The number of hydrogen-bond acceptors (Lipinski definition) is 6. The molecule has 3 amide bonds. The summed E-state index contributed by atoms with van der Waals surface area (Å²) >= 11 is 0. The molecule has 2 aromatic carbocycles. The maximum atomic E-state index is 13.4. The van der Waals surface area contributed by atoms with E-state index < -0.39 is 11.2 Å². The van der Waals surface area contributed by atoms with E-state index in [1.165, 1.54) is 24.3 Å². The number of aliphatic hydroxyl groups excluding tert-OH is 1. The van der Waals surface area contributed by atoms with Gasteiger partial charge in [-0.3, -0.25) is 4.79 Å². The molecule has 0 unspecified atom stereocenters. The quantitative estimate of drug-likeness (QED) is 0.416. The number of carbonyl (C=O) groups excluding carboxylic acids is 2. The van der Waals surface area contributed by atoms with Gasteiger partial charge in [0.2, 0.25) is 0 Å². The van der Waals surface area contributed by atoms with Gasteiger partial charge in [-0.15, -0.1) is 0 Å². The van der Waals surface area contributed by atoms with Crippen molar-refractivity contribution >= 4 is 17.6 Å². The van der Waals surface area contributed by atoms with Crippen LogP contribution < -0.4 is 14.8 Å². The fourth-order valence-electron chi connectivity index (χ4n) is 5.75. The van der Waals surface area contributed by atoms with Crippen molar-refractivity contribution in [1.82, 2.24) is 9.80 Å². The van der Waals surface area contributed by atoms with Crippen LogP contribution in [0.3, 0.4) is 0 Å². The smallest absolute Gasteiger partial charge is 0.321 e. The Hall–Kier alpha value is -3.37. The van der Waals surface area contributed by atoms with Crippen molar-refractivity contribution < 1.29 is 33.7 Å². The summed E-state index contributed by atoms with van der Waals surface area (Å²) in [6, 6.07) is 10.3. The normalized spacial score (nSPS) is 20.0. The summed E-state index contributed by atoms with van der Waals surface area (Å²) < 4.78 is 25.7. The molecule has 10 heteroatoms. The van der Waals surface area contributed by atoms with Gasteiger partial charge in [0.25, 0.3) is 5.91 Å². The van der Waals surface area contributed by atoms with Crippen LogP contribution in [0.15, 0.2) is 42.5 Å². The van der Waals surface area contributed by atoms with E-state index >= 15 is 0 Å². The summed E-state index contributed by atoms with van der Waals surface area (Å²) in [6.07, 6.45) is 3.58. The molecule has 9 nitrogen and oxygen atoms in total. The zero-order valence-electron chi connectivity index (χ0n) is 23.8. The summed E-state index contributed by atoms with van der Waals surface area (Å²) in [5.74, 6) is 1.02. The van der Waals surface area contributed by atoms with E-state index in [1.807, 2.05) is 0 Å². The van der Waals surface area contributed by atoms with Crippen LogP contribution in [-0.4, -0.2) is 75.4 Å². The van der Waals surface area contributed by atoms with E-state index in [4.69, 9.17) is 9.47 Å². The van der Waals surface area contributed by atoms with E-state index in [0.717, 1.165) is 0 Å².